The minimum Gasteiger partial charge on any atom is -0.497 e. The number of halogens is 1. The van der Waals surface area contributed by atoms with E-state index in [1.165, 1.54) is 0 Å². The van der Waals surface area contributed by atoms with Gasteiger partial charge in [-0.2, -0.15) is 10.2 Å². The van der Waals surface area contributed by atoms with Gasteiger partial charge in [-0.15, -0.1) is 0 Å². The second-order valence-electron chi connectivity index (χ2n) is 6.60. The van der Waals surface area contributed by atoms with E-state index in [9.17, 15) is 5.26 Å². The first-order valence-electron chi connectivity index (χ1n) is 9.44. The standard InChI is InChI=1S/C24H18ClN3O3/c1-29-20-12-8-19(9-13-20)27-24-22(14-26)28-23(31-24)17-4-10-21(11-5-17)30-15-16-2-6-18(25)7-3-16/h2-13,27H,15H2,1H3. The number of methoxy groups -OCH3 is 1. The highest BCUT2D eigenvalue weighted by atomic mass is 35.5. The molecule has 6 nitrogen and oxygen atoms in total. The molecule has 0 fully saturated rings. The number of hydrogen-bond acceptors (Lipinski definition) is 6. The number of rotatable bonds is 7. The summed E-state index contributed by atoms with van der Waals surface area (Å²) in [5.74, 6) is 2.08. The summed E-state index contributed by atoms with van der Waals surface area (Å²) in [6.45, 7) is 0.435. The minimum atomic E-state index is 0.175. The molecule has 0 spiro atoms. The van der Waals surface area contributed by atoms with Crippen molar-refractivity contribution in [3.63, 3.8) is 0 Å². The van der Waals surface area contributed by atoms with E-state index in [0.29, 0.717) is 23.3 Å². The van der Waals surface area contributed by atoms with Crippen molar-refractivity contribution in [1.29, 1.82) is 5.26 Å². The average molecular weight is 432 g/mol. The van der Waals surface area contributed by atoms with Crippen LogP contribution in [0.25, 0.3) is 11.5 Å². The Balaban J connectivity index is 1.46. The number of nitriles is 1. The van der Waals surface area contributed by atoms with Crippen molar-refractivity contribution >= 4 is 23.2 Å². The van der Waals surface area contributed by atoms with Crippen LogP contribution in [0.15, 0.2) is 77.2 Å². The van der Waals surface area contributed by atoms with Crippen LogP contribution in [0.2, 0.25) is 5.02 Å². The zero-order chi connectivity index (χ0) is 21.6. The molecule has 0 radical (unpaired) electrons. The van der Waals surface area contributed by atoms with Crippen LogP contribution in [0.5, 0.6) is 11.5 Å². The molecule has 0 aliphatic rings. The van der Waals surface area contributed by atoms with Crippen molar-refractivity contribution in [2.45, 2.75) is 6.61 Å². The maximum atomic E-state index is 9.42. The fourth-order valence-electron chi connectivity index (χ4n) is 2.85. The number of nitrogens with one attached hydrogen (secondary N) is 1. The van der Waals surface area contributed by atoms with Gasteiger partial charge in [0.1, 0.15) is 24.2 Å². The lowest BCUT2D eigenvalue weighted by Gasteiger charge is -2.07. The van der Waals surface area contributed by atoms with E-state index in [1.54, 1.807) is 7.11 Å². The van der Waals surface area contributed by atoms with E-state index in [0.717, 1.165) is 22.6 Å². The van der Waals surface area contributed by atoms with Crippen molar-refractivity contribution in [2.24, 2.45) is 0 Å². The summed E-state index contributed by atoms with van der Waals surface area (Å²) in [7, 11) is 1.60. The molecule has 1 heterocycles. The Morgan fingerprint density at radius 1 is 0.968 bits per heavy atom. The Labute approximate surface area is 184 Å². The minimum absolute atomic E-state index is 0.175. The zero-order valence-electron chi connectivity index (χ0n) is 16.6. The molecule has 31 heavy (non-hydrogen) atoms. The van der Waals surface area contributed by atoms with Gasteiger partial charge < -0.3 is 19.2 Å². The predicted molar refractivity (Wildman–Crippen MR) is 119 cm³/mol. The lowest BCUT2D eigenvalue weighted by Crippen LogP contribution is -1.94. The van der Waals surface area contributed by atoms with Gasteiger partial charge in [-0.05, 0) is 66.2 Å². The predicted octanol–water partition coefficient (Wildman–Crippen LogP) is 6.20. The van der Waals surface area contributed by atoms with Gasteiger partial charge in [-0.1, -0.05) is 23.7 Å². The number of anilines is 2. The zero-order valence-corrected chi connectivity index (χ0v) is 17.4. The van der Waals surface area contributed by atoms with E-state index in [1.807, 2.05) is 72.8 Å². The third-order valence-corrected chi connectivity index (χ3v) is 4.75. The molecule has 3 aromatic carbocycles. The third kappa shape index (κ3) is 4.97. The van der Waals surface area contributed by atoms with Gasteiger partial charge in [0.05, 0.1) is 7.11 Å². The number of benzene rings is 3. The molecule has 0 atom stereocenters. The Morgan fingerprint density at radius 3 is 2.29 bits per heavy atom. The maximum absolute atomic E-state index is 9.42. The fourth-order valence-corrected chi connectivity index (χ4v) is 2.98. The Morgan fingerprint density at radius 2 is 1.65 bits per heavy atom. The first kappa shape index (κ1) is 20.3. The molecule has 0 unspecified atom stereocenters. The number of ether oxygens (including phenoxy) is 2. The van der Waals surface area contributed by atoms with E-state index in [2.05, 4.69) is 16.4 Å². The second kappa shape index (κ2) is 9.24. The Hall–Kier alpha value is -3.95. The normalized spacial score (nSPS) is 10.4. The van der Waals surface area contributed by atoms with Crippen LogP contribution in [0.1, 0.15) is 11.3 Å². The van der Waals surface area contributed by atoms with Crippen LogP contribution < -0.4 is 14.8 Å². The number of hydrogen-bond donors (Lipinski definition) is 1. The molecule has 0 aliphatic carbocycles. The van der Waals surface area contributed by atoms with Crippen LogP contribution in [0.3, 0.4) is 0 Å². The van der Waals surface area contributed by atoms with E-state index < -0.39 is 0 Å². The van der Waals surface area contributed by atoms with Crippen LogP contribution in [-0.4, -0.2) is 12.1 Å². The molecule has 1 aromatic heterocycles. The lowest BCUT2D eigenvalue weighted by molar-refractivity contribution is 0.306. The van der Waals surface area contributed by atoms with Gasteiger partial charge in [0.2, 0.25) is 17.5 Å². The first-order chi connectivity index (χ1) is 15.1. The lowest BCUT2D eigenvalue weighted by atomic mass is 10.2. The molecule has 0 amide bonds. The molecule has 0 aliphatic heterocycles. The summed E-state index contributed by atoms with van der Waals surface area (Å²) in [6, 6.07) is 24.2. The van der Waals surface area contributed by atoms with Crippen molar-refractivity contribution in [2.75, 3.05) is 12.4 Å². The van der Waals surface area contributed by atoms with E-state index >= 15 is 0 Å². The summed E-state index contributed by atoms with van der Waals surface area (Å²) in [5, 5.41) is 13.2. The van der Waals surface area contributed by atoms with E-state index in [-0.39, 0.29) is 11.6 Å². The molecule has 4 aromatic rings. The largest absolute Gasteiger partial charge is 0.497 e. The van der Waals surface area contributed by atoms with Crippen LogP contribution in [0.4, 0.5) is 11.6 Å². The molecule has 4 rings (SSSR count). The molecular weight excluding hydrogens is 414 g/mol. The number of nitrogens with zero attached hydrogens (tertiary/aromatic N) is 2. The number of oxazole rings is 1. The van der Waals surface area contributed by atoms with Crippen LogP contribution in [0, 0.1) is 11.3 Å². The van der Waals surface area contributed by atoms with Gasteiger partial charge >= 0.3 is 0 Å². The van der Waals surface area contributed by atoms with E-state index in [4.69, 9.17) is 25.5 Å². The highest BCUT2D eigenvalue weighted by Gasteiger charge is 2.15. The van der Waals surface area contributed by atoms with Gasteiger partial charge in [-0.25, -0.2) is 0 Å². The summed E-state index contributed by atoms with van der Waals surface area (Å²) in [6.07, 6.45) is 0. The molecule has 0 bridgehead atoms. The Bertz CT molecular complexity index is 1200. The van der Waals surface area contributed by atoms with Crippen LogP contribution >= 0.6 is 11.6 Å². The molecule has 1 N–H and O–H groups in total. The SMILES string of the molecule is COc1ccc(Nc2oc(-c3ccc(OCc4ccc(Cl)cc4)cc3)nc2C#N)cc1. The highest BCUT2D eigenvalue weighted by molar-refractivity contribution is 6.30. The second-order valence-corrected chi connectivity index (χ2v) is 7.04. The molecule has 0 saturated heterocycles. The van der Waals surface area contributed by atoms with Gasteiger partial charge in [-0.3, -0.25) is 0 Å². The smallest absolute Gasteiger partial charge is 0.236 e. The van der Waals surface area contributed by atoms with Crippen molar-refractivity contribution in [3.05, 3.63) is 89.1 Å². The molecular formula is C24H18ClN3O3. The summed E-state index contributed by atoms with van der Waals surface area (Å²) < 4.78 is 16.8. The van der Waals surface area contributed by atoms with Gasteiger partial charge in [0.25, 0.3) is 0 Å². The maximum Gasteiger partial charge on any atom is 0.236 e. The average Bonchev–Trinajstić information content (AvgIpc) is 3.22. The van der Waals surface area contributed by atoms with Crippen molar-refractivity contribution in [1.82, 2.24) is 4.98 Å². The quantitative estimate of drug-likeness (QED) is 0.375. The van der Waals surface area contributed by atoms with Crippen molar-refractivity contribution in [3.8, 4) is 29.0 Å². The topological polar surface area (TPSA) is 80.3 Å². The first-order valence-corrected chi connectivity index (χ1v) is 9.82. The molecule has 7 heteroatoms. The monoisotopic (exact) mass is 431 g/mol. The van der Waals surface area contributed by atoms with Crippen LogP contribution in [-0.2, 0) is 6.61 Å². The van der Waals surface area contributed by atoms with Crippen molar-refractivity contribution < 1.29 is 13.9 Å². The van der Waals surface area contributed by atoms with Gasteiger partial charge in [0, 0.05) is 16.3 Å². The van der Waals surface area contributed by atoms with Gasteiger partial charge in [0.15, 0.2) is 0 Å². The summed E-state index contributed by atoms with van der Waals surface area (Å²) in [4.78, 5) is 4.29. The summed E-state index contributed by atoms with van der Waals surface area (Å²) >= 11 is 5.90. The highest BCUT2D eigenvalue weighted by Crippen LogP contribution is 2.29. The third-order valence-electron chi connectivity index (χ3n) is 4.50. The number of aromatic nitrogens is 1. The molecule has 0 saturated carbocycles. The fraction of sp³-hybridized carbons (Fsp3) is 0.0833. The summed E-state index contributed by atoms with van der Waals surface area (Å²) in [5.41, 5.74) is 2.69. The molecule has 154 valence electrons. The Kier molecular flexibility index (Phi) is 6.06.